The molecule has 0 unspecified atom stereocenters. The van der Waals surface area contributed by atoms with Crippen molar-refractivity contribution in [2.75, 3.05) is 5.32 Å². The second-order valence-corrected chi connectivity index (χ2v) is 7.84. The summed E-state index contributed by atoms with van der Waals surface area (Å²) in [6.07, 6.45) is 6.68. The van der Waals surface area contributed by atoms with Crippen molar-refractivity contribution in [1.29, 1.82) is 0 Å². The molecule has 0 radical (unpaired) electrons. The highest BCUT2D eigenvalue weighted by molar-refractivity contribution is 5.98. The standard InChI is InChI=1S/C26H25NO/c1-26(2,21-11-4-3-5-12-21)25(28)27-22-17-15-20(16-18-22)24-14-8-10-19-9-6-7-13-23(19)24/h3-5,7-8,10-18H,6,9H2,1-2H3,(H,27,28). The summed E-state index contributed by atoms with van der Waals surface area (Å²) >= 11 is 0. The highest BCUT2D eigenvalue weighted by Gasteiger charge is 2.29. The number of benzene rings is 3. The number of hydrogen-bond acceptors (Lipinski definition) is 1. The Kier molecular flexibility index (Phi) is 4.87. The van der Waals surface area contributed by atoms with Gasteiger partial charge >= 0.3 is 0 Å². The lowest BCUT2D eigenvalue weighted by Gasteiger charge is -2.24. The summed E-state index contributed by atoms with van der Waals surface area (Å²) in [4.78, 5) is 12.9. The lowest BCUT2D eigenvalue weighted by atomic mass is 9.83. The zero-order valence-corrected chi connectivity index (χ0v) is 16.4. The van der Waals surface area contributed by atoms with Crippen molar-refractivity contribution in [3.8, 4) is 11.1 Å². The molecule has 0 aliphatic heterocycles. The number of anilines is 1. The maximum Gasteiger partial charge on any atom is 0.234 e. The van der Waals surface area contributed by atoms with Crippen LogP contribution in [0.5, 0.6) is 0 Å². The van der Waals surface area contributed by atoms with Crippen LogP contribution < -0.4 is 5.32 Å². The van der Waals surface area contributed by atoms with Crippen molar-refractivity contribution in [2.24, 2.45) is 0 Å². The first-order valence-electron chi connectivity index (χ1n) is 9.81. The van der Waals surface area contributed by atoms with E-state index in [-0.39, 0.29) is 5.91 Å². The van der Waals surface area contributed by atoms with E-state index >= 15 is 0 Å². The van der Waals surface area contributed by atoms with Crippen LogP contribution in [0.25, 0.3) is 17.2 Å². The highest BCUT2D eigenvalue weighted by atomic mass is 16.2. The monoisotopic (exact) mass is 367 g/mol. The predicted octanol–water partition coefficient (Wildman–Crippen LogP) is 6.23. The van der Waals surface area contributed by atoms with Crippen molar-refractivity contribution in [1.82, 2.24) is 0 Å². The van der Waals surface area contributed by atoms with Gasteiger partial charge in [0, 0.05) is 5.69 Å². The summed E-state index contributed by atoms with van der Waals surface area (Å²) in [5.41, 5.74) is 6.37. The summed E-state index contributed by atoms with van der Waals surface area (Å²) in [5.74, 6) is -0.00789. The molecule has 1 N–H and O–H groups in total. The van der Waals surface area contributed by atoms with Gasteiger partial charge in [-0.3, -0.25) is 4.79 Å². The van der Waals surface area contributed by atoms with Gasteiger partial charge in [0.2, 0.25) is 5.91 Å². The lowest BCUT2D eigenvalue weighted by molar-refractivity contribution is -0.120. The van der Waals surface area contributed by atoms with Crippen molar-refractivity contribution < 1.29 is 4.79 Å². The Bertz CT molecular complexity index is 1010. The predicted molar refractivity (Wildman–Crippen MR) is 117 cm³/mol. The van der Waals surface area contributed by atoms with E-state index in [1.165, 1.54) is 22.3 Å². The average molecular weight is 367 g/mol. The molecule has 2 nitrogen and oxygen atoms in total. The number of rotatable bonds is 4. The number of aryl methyl sites for hydroxylation is 1. The molecule has 3 aromatic rings. The van der Waals surface area contributed by atoms with Crippen LogP contribution in [0, 0.1) is 0 Å². The molecule has 0 spiro atoms. The normalized spacial score (nSPS) is 13.1. The topological polar surface area (TPSA) is 29.1 Å². The summed E-state index contributed by atoms with van der Waals surface area (Å²) in [7, 11) is 0. The van der Waals surface area contributed by atoms with Crippen LogP contribution in [-0.2, 0) is 16.6 Å². The van der Waals surface area contributed by atoms with Crippen LogP contribution in [0.1, 0.15) is 37.0 Å². The smallest absolute Gasteiger partial charge is 0.234 e. The van der Waals surface area contributed by atoms with Gasteiger partial charge in [-0.15, -0.1) is 0 Å². The second kappa shape index (κ2) is 7.47. The van der Waals surface area contributed by atoms with Gasteiger partial charge in [-0.1, -0.05) is 72.8 Å². The van der Waals surface area contributed by atoms with Crippen LogP contribution in [0.3, 0.4) is 0 Å². The molecular weight excluding hydrogens is 342 g/mol. The Balaban J connectivity index is 1.55. The minimum atomic E-state index is -0.594. The zero-order valence-electron chi connectivity index (χ0n) is 16.4. The molecule has 3 aromatic carbocycles. The Morgan fingerprint density at radius 1 is 0.893 bits per heavy atom. The third kappa shape index (κ3) is 3.50. The fraction of sp³-hybridized carbons (Fsp3) is 0.192. The number of fused-ring (bicyclic) bond motifs is 1. The first kappa shape index (κ1) is 18.2. The van der Waals surface area contributed by atoms with Gasteiger partial charge < -0.3 is 5.32 Å². The molecule has 0 heterocycles. The Morgan fingerprint density at radius 3 is 2.39 bits per heavy atom. The van der Waals surface area contributed by atoms with Gasteiger partial charge in [-0.2, -0.15) is 0 Å². The van der Waals surface area contributed by atoms with Gasteiger partial charge in [-0.05, 0) is 66.6 Å². The highest BCUT2D eigenvalue weighted by Crippen LogP contribution is 2.32. The number of carbonyl (C=O) groups excluding carboxylic acids is 1. The summed E-state index contributed by atoms with van der Waals surface area (Å²) in [6, 6.07) is 24.5. The summed E-state index contributed by atoms with van der Waals surface area (Å²) < 4.78 is 0. The van der Waals surface area contributed by atoms with Crippen LogP contribution in [0.2, 0.25) is 0 Å². The number of nitrogens with one attached hydrogen (secondary N) is 1. The molecule has 0 aromatic heterocycles. The molecule has 1 amide bonds. The molecule has 28 heavy (non-hydrogen) atoms. The Labute approximate surface area is 166 Å². The van der Waals surface area contributed by atoms with E-state index in [9.17, 15) is 4.79 Å². The molecule has 4 rings (SSSR count). The Morgan fingerprint density at radius 2 is 1.64 bits per heavy atom. The minimum absolute atomic E-state index is 0.00789. The molecule has 0 saturated heterocycles. The van der Waals surface area contributed by atoms with E-state index in [0.29, 0.717) is 0 Å². The molecular formula is C26H25NO. The zero-order chi connectivity index (χ0) is 19.6. The lowest BCUT2D eigenvalue weighted by Crippen LogP contribution is -2.34. The molecule has 1 aliphatic carbocycles. The quantitative estimate of drug-likeness (QED) is 0.582. The number of allylic oxidation sites excluding steroid dienone is 1. The van der Waals surface area contributed by atoms with Crippen molar-refractivity contribution in [2.45, 2.75) is 32.1 Å². The fourth-order valence-corrected chi connectivity index (χ4v) is 3.73. The van der Waals surface area contributed by atoms with Crippen LogP contribution in [0.15, 0.2) is 78.9 Å². The van der Waals surface area contributed by atoms with Gasteiger partial charge in [0.05, 0.1) is 5.41 Å². The largest absolute Gasteiger partial charge is 0.325 e. The fourth-order valence-electron chi connectivity index (χ4n) is 3.73. The van der Waals surface area contributed by atoms with Gasteiger partial charge in [0.15, 0.2) is 0 Å². The van der Waals surface area contributed by atoms with Gasteiger partial charge in [0.25, 0.3) is 0 Å². The molecule has 0 saturated carbocycles. The molecule has 140 valence electrons. The molecule has 2 heteroatoms. The number of amides is 1. The van der Waals surface area contributed by atoms with E-state index < -0.39 is 5.41 Å². The van der Waals surface area contributed by atoms with Crippen LogP contribution in [0.4, 0.5) is 5.69 Å². The average Bonchev–Trinajstić information content (AvgIpc) is 2.74. The van der Waals surface area contributed by atoms with Crippen molar-refractivity contribution in [3.63, 3.8) is 0 Å². The van der Waals surface area contributed by atoms with Crippen molar-refractivity contribution >= 4 is 17.7 Å². The van der Waals surface area contributed by atoms with E-state index in [4.69, 9.17) is 0 Å². The maximum atomic E-state index is 12.9. The summed E-state index contributed by atoms with van der Waals surface area (Å²) in [5, 5.41) is 3.07. The van der Waals surface area contributed by atoms with E-state index in [2.05, 4.69) is 47.8 Å². The summed E-state index contributed by atoms with van der Waals surface area (Å²) in [6.45, 7) is 3.91. The first-order chi connectivity index (χ1) is 13.6. The van der Waals surface area contributed by atoms with Crippen LogP contribution >= 0.6 is 0 Å². The van der Waals surface area contributed by atoms with E-state index in [1.807, 2.05) is 56.3 Å². The minimum Gasteiger partial charge on any atom is -0.325 e. The van der Waals surface area contributed by atoms with Crippen molar-refractivity contribution in [3.05, 3.63) is 95.6 Å². The van der Waals surface area contributed by atoms with E-state index in [0.717, 1.165) is 24.1 Å². The molecule has 0 fully saturated rings. The maximum absolute atomic E-state index is 12.9. The van der Waals surface area contributed by atoms with E-state index in [1.54, 1.807) is 0 Å². The Hall–Kier alpha value is -3.13. The number of hydrogen-bond donors (Lipinski definition) is 1. The third-order valence-electron chi connectivity index (χ3n) is 5.58. The second-order valence-electron chi connectivity index (χ2n) is 7.84. The number of carbonyl (C=O) groups is 1. The van der Waals surface area contributed by atoms with Gasteiger partial charge in [-0.25, -0.2) is 0 Å². The molecule has 0 atom stereocenters. The van der Waals surface area contributed by atoms with Crippen LogP contribution in [-0.4, -0.2) is 5.91 Å². The van der Waals surface area contributed by atoms with Gasteiger partial charge in [0.1, 0.15) is 0 Å². The SMILES string of the molecule is CC(C)(C(=O)Nc1ccc(-c2cccc3c2C=CCC3)cc1)c1ccccc1. The first-order valence-corrected chi connectivity index (χ1v) is 9.81. The molecule has 1 aliphatic rings. The molecule has 0 bridgehead atoms. The third-order valence-corrected chi connectivity index (χ3v) is 5.58.